The lowest BCUT2D eigenvalue weighted by atomic mass is 10.0. The van der Waals surface area contributed by atoms with Crippen molar-refractivity contribution in [2.45, 2.75) is 6.42 Å². The van der Waals surface area contributed by atoms with E-state index in [0.717, 1.165) is 11.1 Å². The molecule has 0 radical (unpaired) electrons. The lowest BCUT2D eigenvalue weighted by molar-refractivity contribution is 0.0993. The second-order valence-electron chi connectivity index (χ2n) is 3.60. The van der Waals surface area contributed by atoms with Crippen molar-refractivity contribution in [2.75, 3.05) is 0 Å². The molecule has 0 aliphatic heterocycles. The molecule has 0 aliphatic carbocycles. The van der Waals surface area contributed by atoms with Crippen LogP contribution in [0.25, 0.3) is 0 Å². The van der Waals surface area contributed by atoms with Gasteiger partial charge in [-0.3, -0.25) is 4.79 Å². The third kappa shape index (κ3) is 2.71. The smallest absolute Gasteiger partial charge is 0.167 e. The molecule has 0 bridgehead atoms. The van der Waals surface area contributed by atoms with E-state index < -0.39 is 0 Å². The molecule has 80 valence electrons. The van der Waals surface area contributed by atoms with Crippen LogP contribution >= 0.6 is 11.6 Å². The molecule has 0 amide bonds. The average molecular weight is 231 g/mol. The maximum absolute atomic E-state index is 11.9. The number of hydrogen-bond donors (Lipinski definition) is 0. The molecule has 0 aliphatic rings. The van der Waals surface area contributed by atoms with Crippen LogP contribution in [-0.4, -0.2) is 5.78 Å². The number of hydrogen-bond acceptors (Lipinski definition) is 1. The van der Waals surface area contributed by atoms with Gasteiger partial charge in [-0.1, -0.05) is 54.1 Å². The van der Waals surface area contributed by atoms with Gasteiger partial charge in [-0.2, -0.15) is 0 Å². The zero-order valence-corrected chi connectivity index (χ0v) is 9.45. The highest BCUT2D eigenvalue weighted by Gasteiger charge is 2.06. The van der Waals surface area contributed by atoms with Gasteiger partial charge >= 0.3 is 0 Å². The Morgan fingerprint density at radius 3 is 2.44 bits per heavy atom. The van der Waals surface area contributed by atoms with Crippen molar-refractivity contribution >= 4 is 17.4 Å². The number of benzene rings is 2. The zero-order chi connectivity index (χ0) is 11.4. The monoisotopic (exact) mass is 230 g/mol. The summed E-state index contributed by atoms with van der Waals surface area (Å²) in [6.07, 6.45) is 0.393. The summed E-state index contributed by atoms with van der Waals surface area (Å²) in [5, 5.41) is 0.665. The van der Waals surface area contributed by atoms with Crippen molar-refractivity contribution in [1.29, 1.82) is 0 Å². The normalized spacial score (nSPS) is 10.1. The van der Waals surface area contributed by atoms with Gasteiger partial charge in [-0.25, -0.2) is 0 Å². The maximum Gasteiger partial charge on any atom is 0.167 e. The standard InChI is InChI=1S/C14H11ClO/c15-13-8-4-5-11(9-13)10-14(16)12-6-2-1-3-7-12/h1-9H,10H2. The van der Waals surface area contributed by atoms with Gasteiger partial charge in [0.2, 0.25) is 0 Å². The van der Waals surface area contributed by atoms with Crippen LogP contribution in [-0.2, 0) is 6.42 Å². The molecule has 0 saturated heterocycles. The molecule has 0 N–H and O–H groups in total. The molecule has 2 aromatic carbocycles. The summed E-state index contributed by atoms with van der Waals surface area (Å²) < 4.78 is 0. The number of carbonyl (C=O) groups is 1. The topological polar surface area (TPSA) is 17.1 Å². The molecular formula is C14H11ClO. The molecule has 0 fully saturated rings. The van der Waals surface area contributed by atoms with E-state index in [2.05, 4.69) is 0 Å². The van der Waals surface area contributed by atoms with Crippen LogP contribution in [0.15, 0.2) is 54.6 Å². The molecule has 2 heteroatoms. The predicted molar refractivity (Wildman–Crippen MR) is 65.9 cm³/mol. The van der Waals surface area contributed by atoms with Gasteiger partial charge in [-0.15, -0.1) is 0 Å². The fourth-order valence-electron chi connectivity index (χ4n) is 1.56. The van der Waals surface area contributed by atoms with E-state index in [0.29, 0.717) is 11.4 Å². The molecule has 16 heavy (non-hydrogen) atoms. The van der Waals surface area contributed by atoms with E-state index >= 15 is 0 Å². The highest BCUT2D eigenvalue weighted by Crippen LogP contribution is 2.13. The zero-order valence-electron chi connectivity index (χ0n) is 8.69. The summed E-state index contributed by atoms with van der Waals surface area (Å²) in [6.45, 7) is 0. The quantitative estimate of drug-likeness (QED) is 0.734. The first-order valence-electron chi connectivity index (χ1n) is 5.08. The maximum atomic E-state index is 11.9. The number of carbonyl (C=O) groups excluding carboxylic acids is 1. The summed E-state index contributed by atoms with van der Waals surface area (Å²) in [5.41, 5.74) is 1.68. The largest absolute Gasteiger partial charge is 0.294 e. The molecule has 0 heterocycles. The molecule has 0 spiro atoms. The van der Waals surface area contributed by atoms with Gasteiger partial charge in [0.1, 0.15) is 0 Å². The number of rotatable bonds is 3. The molecular weight excluding hydrogens is 220 g/mol. The minimum atomic E-state index is 0.114. The SMILES string of the molecule is O=C(Cc1cccc(Cl)c1)c1ccccc1. The van der Waals surface area contributed by atoms with Crippen LogP contribution in [0.5, 0.6) is 0 Å². The minimum Gasteiger partial charge on any atom is -0.294 e. The Morgan fingerprint density at radius 1 is 1.00 bits per heavy atom. The van der Waals surface area contributed by atoms with Crippen molar-refractivity contribution < 1.29 is 4.79 Å². The van der Waals surface area contributed by atoms with Gasteiger partial charge in [-0.05, 0) is 17.7 Å². The molecule has 2 rings (SSSR count). The first kappa shape index (κ1) is 10.9. The second-order valence-corrected chi connectivity index (χ2v) is 4.03. The minimum absolute atomic E-state index is 0.114. The fraction of sp³-hybridized carbons (Fsp3) is 0.0714. The van der Waals surface area contributed by atoms with Crippen LogP contribution in [0.2, 0.25) is 5.02 Å². The van der Waals surface area contributed by atoms with Crippen molar-refractivity contribution in [3.63, 3.8) is 0 Å². The van der Waals surface area contributed by atoms with Crippen LogP contribution in [0.3, 0.4) is 0 Å². The van der Waals surface area contributed by atoms with Crippen molar-refractivity contribution in [3.05, 3.63) is 70.7 Å². The molecule has 0 unspecified atom stereocenters. The highest BCUT2D eigenvalue weighted by atomic mass is 35.5. The molecule has 0 atom stereocenters. The summed E-state index contributed by atoms with van der Waals surface area (Å²) in [6, 6.07) is 16.7. The van der Waals surface area contributed by atoms with Crippen molar-refractivity contribution in [3.8, 4) is 0 Å². The van der Waals surface area contributed by atoms with Crippen molar-refractivity contribution in [1.82, 2.24) is 0 Å². The van der Waals surface area contributed by atoms with Crippen LogP contribution in [0, 0.1) is 0 Å². The van der Waals surface area contributed by atoms with Gasteiger partial charge in [0.05, 0.1) is 0 Å². The fourth-order valence-corrected chi connectivity index (χ4v) is 1.77. The number of Topliss-reactive ketones (excluding diaryl/α,β-unsaturated/α-hetero) is 1. The Balaban J connectivity index is 2.14. The Morgan fingerprint density at radius 2 is 1.75 bits per heavy atom. The van der Waals surface area contributed by atoms with E-state index in [9.17, 15) is 4.79 Å². The van der Waals surface area contributed by atoms with Crippen molar-refractivity contribution in [2.24, 2.45) is 0 Å². The molecule has 2 aromatic rings. The lowest BCUT2D eigenvalue weighted by Crippen LogP contribution is -2.02. The van der Waals surface area contributed by atoms with Crippen LogP contribution in [0.1, 0.15) is 15.9 Å². The Labute approximate surface area is 99.7 Å². The number of ketones is 1. The van der Waals surface area contributed by atoms with Gasteiger partial charge < -0.3 is 0 Å². The average Bonchev–Trinajstić information content (AvgIpc) is 2.30. The van der Waals surface area contributed by atoms with Gasteiger partial charge in [0.25, 0.3) is 0 Å². The lowest BCUT2D eigenvalue weighted by Gasteiger charge is -2.01. The summed E-state index contributed by atoms with van der Waals surface area (Å²) in [7, 11) is 0. The Kier molecular flexibility index (Phi) is 3.37. The Hall–Kier alpha value is -1.60. The highest BCUT2D eigenvalue weighted by molar-refractivity contribution is 6.30. The third-order valence-corrected chi connectivity index (χ3v) is 2.58. The van der Waals surface area contributed by atoms with Gasteiger partial charge in [0, 0.05) is 17.0 Å². The second kappa shape index (κ2) is 4.95. The van der Waals surface area contributed by atoms with E-state index in [4.69, 9.17) is 11.6 Å². The summed E-state index contributed by atoms with van der Waals surface area (Å²) in [5.74, 6) is 0.114. The van der Waals surface area contributed by atoms with E-state index in [1.54, 1.807) is 6.07 Å². The predicted octanol–water partition coefficient (Wildman–Crippen LogP) is 3.77. The Bertz CT molecular complexity index is 491. The number of halogens is 1. The third-order valence-electron chi connectivity index (χ3n) is 2.35. The summed E-state index contributed by atoms with van der Waals surface area (Å²) >= 11 is 5.86. The first-order valence-corrected chi connectivity index (χ1v) is 5.46. The van der Waals surface area contributed by atoms with Crippen LogP contribution < -0.4 is 0 Å². The van der Waals surface area contributed by atoms with Gasteiger partial charge in [0.15, 0.2) is 5.78 Å². The molecule has 0 saturated carbocycles. The first-order chi connectivity index (χ1) is 7.75. The van der Waals surface area contributed by atoms with Crippen LogP contribution in [0.4, 0.5) is 0 Å². The van der Waals surface area contributed by atoms with E-state index in [-0.39, 0.29) is 5.78 Å². The summed E-state index contributed by atoms with van der Waals surface area (Å²) in [4.78, 5) is 11.9. The molecule has 1 nitrogen and oxygen atoms in total. The van der Waals surface area contributed by atoms with E-state index in [1.165, 1.54) is 0 Å². The van der Waals surface area contributed by atoms with E-state index in [1.807, 2.05) is 48.5 Å². The molecule has 0 aromatic heterocycles.